The predicted octanol–water partition coefficient (Wildman–Crippen LogP) is 2.22. The predicted molar refractivity (Wildman–Crippen MR) is 72.2 cm³/mol. The Morgan fingerprint density at radius 2 is 1.42 bits per heavy atom. The molecule has 1 amide bonds. The number of carbonyl (C=O) groups is 2. The second kappa shape index (κ2) is 5.22. The Kier molecular flexibility index (Phi) is 3.47. The first-order chi connectivity index (χ1) is 9.06. The molecule has 0 bridgehead atoms. The number of aromatic carboxylic acids is 1. The number of hydrogen-bond acceptors (Lipinski definition) is 3. The van der Waals surface area contributed by atoms with Gasteiger partial charge < -0.3 is 16.2 Å². The van der Waals surface area contributed by atoms with Gasteiger partial charge in [-0.05, 0) is 48.5 Å². The van der Waals surface area contributed by atoms with Gasteiger partial charge in [-0.3, -0.25) is 4.79 Å². The van der Waals surface area contributed by atoms with E-state index in [1.54, 1.807) is 36.4 Å². The average molecular weight is 256 g/mol. The third-order valence-electron chi connectivity index (χ3n) is 2.56. The molecular weight excluding hydrogens is 244 g/mol. The van der Waals surface area contributed by atoms with E-state index in [-0.39, 0.29) is 11.5 Å². The highest BCUT2D eigenvalue weighted by Crippen LogP contribution is 2.12. The summed E-state index contributed by atoms with van der Waals surface area (Å²) in [7, 11) is 0. The highest BCUT2D eigenvalue weighted by Gasteiger charge is 2.06. The lowest BCUT2D eigenvalue weighted by Gasteiger charge is -2.05. The first-order valence-electron chi connectivity index (χ1n) is 5.56. The number of benzene rings is 2. The van der Waals surface area contributed by atoms with Crippen LogP contribution in [0.3, 0.4) is 0 Å². The van der Waals surface area contributed by atoms with Crippen molar-refractivity contribution < 1.29 is 14.7 Å². The minimum Gasteiger partial charge on any atom is -0.478 e. The average Bonchev–Trinajstić information content (AvgIpc) is 2.40. The van der Waals surface area contributed by atoms with E-state index in [0.29, 0.717) is 16.9 Å². The van der Waals surface area contributed by atoms with Crippen LogP contribution < -0.4 is 11.1 Å². The molecule has 0 unspecified atom stereocenters. The van der Waals surface area contributed by atoms with Gasteiger partial charge in [0.1, 0.15) is 0 Å². The number of carboxylic acid groups (broad SMARTS) is 1. The molecule has 0 saturated carbocycles. The third-order valence-corrected chi connectivity index (χ3v) is 2.56. The smallest absolute Gasteiger partial charge is 0.335 e. The van der Waals surface area contributed by atoms with Crippen LogP contribution in [0.1, 0.15) is 20.7 Å². The van der Waals surface area contributed by atoms with Gasteiger partial charge >= 0.3 is 5.97 Å². The van der Waals surface area contributed by atoms with E-state index in [1.165, 1.54) is 12.1 Å². The quantitative estimate of drug-likeness (QED) is 0.734. The number of nitrogen functional groups attached to an aromatic ring is 1. The van der Waals surface area contributed by atoms with Crippen molar-refractivity contribution >= 4 is 23.3 Å². The van der Waals surface area contributed by atoms with Crippen molar-refractivity contribution in [1.82, 2.24) is 0 Å². The van der Waals surface area contributed by atoms with Crippen molar-refractivity contribution in [1.29, 1.82) is 0 Å². The fourth-order valence-corrected chi connectivity index (χ4v) is 1.53. The van der Waals surface area contributed by atoms with Crippen LogP contribution in [-0.4, -0.2) is 17.0 Å². The summed E-state index contributed by atoms with van der Waals surface area (Å²) >= 11 is 0. The summed E-state index contributed by atoms with van der Waals surface area (Å²) in [5.74, 6) is -1.28. The van der Waals surface area contributed by atoms with E-state index in [2.05, 4.69) is 5.32 Å². The zero-order valence-corrected chi connectivity index (χ0v) is 9.96. The molecule has 0 atom stereocenters. The standard InChI is InChI=1S/C14H12N2O3/c15-11-5-1-9(2-6-11)13(17)16-12-7-3-10(4-8-12)14(18)19/h1-8H,15H2,(H,16,17)(H,18,19). The summed E-state index contributed by atoms with van der Waals surface area (Å²) in [6, 6.07) is 12.5. The van der Waals surface area contributed by atoms with Crippen molar-refractivity contribution in [3.8, 4) is 0 Å². The van der Waals surface area contributed by atoms with E-state index >= 15 is 0 Å². The largest absolute Gasteiger partial charge is 0.478 e. The summed E-state index contributed by atoms with van der Waals surface area (Å²) in [5.41, 5.74) is 7.31. The molecule has 2 aromatic carbocycles. The number of rotatable bonds is 3. The van der Waals surface area contributed by atoms with E-state index in [1.807, 2.05) is 0 Å². The van der Waals surface area contributed by atoms with Crippen molar-refractivity contribution in [2.75, 3.05) is 11.1 Å². The topological polar surface area (TPSA) is 92.4 Å². The maximum absolute atomic E-state index is 11.9. The summed E-state index contributed by atoms with van der Waals surface area (Å²) in [6.45, 7) is 0. The first-order valence-corrected chi connectivity index (χ1v) is 5.56. The SMILES string of the molecule is Nc1ccc(C(=O)Nc2ccc(C(=O)O)cc2)cc1. The highest BCUT2D eigenvalue weighted by atomic mass is 16.4. The second-order valence-electron chi connectivity index (χ2n) is 3.96. The molecule has 0 fully saturated rings. The van der Waals surface area contributed by atoms with Gasteiger partial charge in [-0.25, -0.2) is 4.79 Å². The molecule has 5 heteroatoms. The number of amides is 1. The molecule has 0 spiro atoms. The molecule has 0 radical (unpaired) electrons. The Balaban J connectivity index is 2.10. The van der Waals surface area contributed by atoms with Gasteiger partial charge in [0, 0.05) is 16.9 Å². The molecule has 2 aromatic rings. The number of nitrogens with two attached hydrogens (primary N) is 1. The van der Waals surface area contributed by atoms with E-state index < -0.39 is 5.97 Å². The lowest BCUT2D eigenvalue weighted by molar-refractivity contribution is 0.0696. The summed E-state index contributed by atoms with van der Waals surface area (Å²) in [6.07, 6.45) is 0. The molecule has 0 aromatic heterocycles. The van der Waals surface area contributed by atoms with Gasteiger partial charge in [-0.15, -0.1) is 0 Å². The van der Waals surface area contributed by atoms with Crippen molar-refractivity contribution in [3.63, 3.8) is 0 Å². The number of carboxylic acids is 1. The number of anilines is 2. The Hall–Kier alpha value is -2.82. The lowest BCUT2D eigenvalue weighted by Crippen LogP contribution is -2.12. The Morgan fingerprint density at radius 1 is 0.895 bits per heavy atom. The van der Waals surface area contributed by atoms with Gasteiger partial charge in [0.15, 0.2) is 0 Å². The molecular formula is C14H12N2O3. The first kappa shape index (κ1) is 12.6. The van der Waals surface area contributed by atoms with Gasteiger partial charge in [0.25, 0.3) is 5.91 Å². The minimum atomic E-state index is -1.00. The molecule has 5 nitrogen and oxygen atoms in total. The molecule has 96 valence electrons. The van der Waals surface area contributed by atoms with Crippen molar-refractivity contribution in [3.05, 3.63) is 59.7 Å². The van der Waals surface area contributed by atoms with Gasteiger partial charge in [0.2, 0.25) is 0 Å². The van der Waals surface area contributed by atoms with Crippen LogP contribution in [0.15, 0.2) is 48.5 Å². The van der Waals surface area contributed by atoms with Crippen LogP contribution in [0.2, 0.25) is 0 Å². The van der Waals surface area contributed by atoms with Crippen LogP contribution in [-0.2, 0) is 0 Å². The van der Waals surface area contributed by atoms with Gasteiger partial charge in [-0.1, -0.05) is 0 Å². The summed E-state index contributed by atoms with van der Waals surface area (Å²) < 4.78 is 0. The monoisotopic (exact) mass is 256 g/mol. The molecule has 19 heavy (non-hydrogen) atoms. The molecule has 0 aliphatic rings. The molecule has 0 aliphatic carbocycles. The zero-order chi connectivity index (χ0) is 13.8. The molecule has 4 N–H and O–H groups in total. The number of carbonyl (C=O) groups excluding carboxylic acids is 1. The molecule has 0 heterocycles. The fourth-order valence-electron chi connectivity index (χ4n) is 1.53. The van der Waals surface area contributed by atoms with E-state index in [0.717, 1.165) is 0 Å². The Morgan fingerprint density at radius 3 is 1.95 bits per heavy atom. The van der Waals surface area contributed by atoms with Gasteiger partial charge in [-0.2, -0.15) is 0 Å². The maximum atomic E-state index is 11.9. The van der Waals surface area contributed by atoms with Crippen molar-refractivity contribution in [2.45, 2.75) is 0 Å². The Bertz CT molecular complexity index is 604. The zero-order valence-electron chi connectivity index (χ0n) is 9.96. The Labute approximate surface area is 109 Å². The lowest BCUT2D eigenvalue weighted by atomic mass is 10.1. The van der Waals surface area contributed by atoms with Crippen LogP contribution in [0, 0.1) is 0 Å². The highest BCUT2D eigenvalue weighted by molar-refractivity contribution is 6.04. The fraction of sp³-hybridized carbons (Fsp3) is 0. The summed E-state index contributed by atoms with van der Waals surface area (Å²) in [4.78, 5) is 22.6. The van der Waals surface area contributed by atoms with Crippen LogP contribution in [0.25, 0.3) is 0 Å². The van der Waals surface area contributed by atoms with Crippen LogP contribution >= 0.6 is 0 Å². The van der Waals surface area contributed by atoms with E-state index in [9.17, 15) is 9.59 Å². The molecule has 0 aliphatic heterocycles. The normalized spacial score (nSPS) is 9.89. The van der Waals surface area contributed by atoms with Crippen molar-refractivity contribution in [2.24, 2.45) is 0 Å². The minimum absolute atomic E-state index is 0.172. The number of nitrogens with one attached hydrogen (secondary N) is 1. The maximum Gasteiger partial charge on any atom is 0.335 e. The third kappa shape index (κ3) is 3.10. The van der Waals surface area contributed by atoms with Gasteiger partial charge in [0.05, 0.1) is 5.56 Å². The molecule has 2 rings (SSSR count). The number of hydrogen-bond donors (Lipinski definition) is 3. The van der Waals surface area contributed by atoms with E-state index in [4.69, 9.17) is 10.8 Å². The van der Waals surface area contributed by atoms with Crippen LogP contribution in [0.5, 0.6) is 0 Å². The van der Waals surface area contributed by atoms with Crippen LogP contribution in [0.4, 0.5) is 11.4 Å². The summed E-state index contributed by atoms with van der Waals surface area (Å²) in [5, 5.41) is 11.4. The second-order valence-corrected chi connectivity index (χ2v) is 3.96. The molecule has 0 saturated heterocycles.